The summed E-state index contributed by atoms with van der Waals surface area (Å²) in [5, 5.41) is 2.20. The molecule has 1 aromatic rings. The monoisotopic (exact) mass is 383 g/mol. The minimum Gasteiger partial charge on any atom is -0.452 e. The van der Waals surface area contributed by atoms with Crippen LogP contribution in [-0.4, -0.2) is 24.4 Å². The molecule has 27 heavy (non-hydrogen) atoms. The molecular formula is C19H20F3NO4. The van der Waals surface area contributed by atoms with Crippen molar-refractivity contribution in [3.05, 3.63) is 41.5 Å². The maximum absolute atomic E-state index is 12.6. The summed E-state index contributed by atoms with van der Waals surface area (Å²) in [6, 6.07) is 4.43. The zero-order valence-corrected chi connectivity index (χ0v) is 14.6. The van der Waals surface area contributed by atoms with E-state index in [1.165, 1.54) is 12.1 Å². The van der Waals surface area contributed by atoms with Crippen LogP contribution >= 0.6 is 0 Å². The Bertz CT molecular complexity index is 722. The van der Waals surface area contributed by atoms with Gasteiger partial charge in [0.1, 0.15) is 0 Å². The van der Waals surface area contributed by atoms with E-state index in [-0.39, 0.29) is 17.4 Å². The molecule has 5 nitrogen and oxygen atoms in total. The Balaban J connectivity index is 1.79. The number of carbonyl (C=O) groups excluding carboxylic acids is 3. The molecule has 1 saturated carbocycles. The molecule has 1 N–H and O–H groups in total. The first kappa shape index (κ1) is 20.7. The minimum atomic E-state index is -4.48. The number of nitrogens with one attached hydrogen (secondary N) is 1. The number of imide groups is 1. The predicted molar refractivity (Wildman–Crippen MR) is 91.2 cm³/mol. The summed E-state index contributed by atoms with van der Waals surface area (Å²) in [5.74, 6) is -2.19. The molecule has 8 heteroatoms. The molecule has 1 aliphatic carbocycles. The van der Waals surface area contributed by atoms with E-state index in [0.29, 0.717) is 0 Å². The molecule has 0 saturated heterocycles. The largest absolute Gasteiger partial charge is 0.452 e. The van der Waals surface area contributed by atoms with Gasteiger partial charge in [-0.15, -0.1) is 0 Å². The van der Waals surface area contributed by atoms with Crippen molar-refractivity contribution < 1.29 is 32.3 Å². The molecule has 0 bridgehead atoms. The molecule has 0 aromatic heterocycles. The number of benzene rings is 1. The van der Waals surface area contributed by atoms with Gasteiger partial charge in [-0.1, -0.05) is 31.4 Å². The number of esters is 1. The smallest absolute Gasteiger partial charge is 0.416 e. The van der Waals surface area contributed by atoms with Gasteiger partial charge in [-0.25, -0.2) is 4.79 Å². The topological polar surface area (TPSA) is 72.5 Å². The van der Waals surface area contributed by atoms with Crippen LogP contribution in [0.4, 0.5) is 13.2 Å². The lowest BCUT2D eigenvalue weighted by atomic mass is 9.89. The second kappa shape index (κ2) is 9.34. The fraction of sp³-hybridized carbons (Fsp3) is 0.421. The molecule has 0 radical (unpaired) electrons. The molecule has 0 unspecified atom stereocenters. The SMILES string of the molecule is O=C(COC(=O)/C=C/c1cccc(C(F)(F)F)c1)NC(=O)C1CCCCC1. The molecule has 1 aliphatic rings. The van der Waals surface area contributed by atoms with Crippen LogP contribution in [0, 0.1) is 5.92 Å². The Labute approximate surface area is 154 Å². The van der Waals surface area contributed by atoms with E-state index in [0.717, 1.165) is 56.4 Å². The number of amides is 2. The van der Waals surface area contributed by atoms with E-state index in [2.05, 4.69) is 5.32 Å². The van der Waals surface area contributed by atoms with E-state index in [1.54, 1.807) is 0 Å². The average Bonchev–Trinajstić information content (AvgIpc) is 2.65. The fourth-order valence-corrected chi connectivity index (χ4v) is 2.81. The van der Waals surface area contributed by atoms with Crippen LogP contribution in [0.5, 0.6) is 0 Å². The van der Waals surface area contributed by atoms with Gasteiger partial charge in [0.2, 0.25) is 5.91 Å². The van der Waals surface area contributed by atoms with E-state index < -0.39 is 30.2 Å². The Morgan fingerprint density at radius 2 is 1.85 bits per heavy atom. The van der Waals surface area contributed by atoms with Gasteiger partial charge in [0.25, 0.3) is 5.91 Å². The van der Waals surface area contributed by atoms with Crippen molar-refractivity contribution >= 4 is 23.9 Å². The van der Waals surface area contributed by atoms with E-state index in [1.807, 2.05) is 0 Å². The highest BCUT2D eigenvalue weighted by molar-refractivity contribution is 5.98. The Morgan fingerprint density at radius 3 is 2.52 bits per heavy atom. The van der Waals surface area contributed by atoms with Gasteiger partial charge in [0, 0.05) is 12.0 Å². The van der Waals surface area contributed by atoms with E-state index in [4.69, 9.17) is 4.74 Å². The van der Waals surface area contributed by atoms with Crippen molar-refractivity contribution in [1.82, 2.24) is 5.32 Å². The average molecular weight is 383 g/mol. The lowest BCUT2D eigenvalue weighted by Crippen LogP contribution is -2.38. The molecule has 2 rings (SSSR count). The second-order valence-corrected chi connectivity index (χ2v) is 6.31. The summed E-state index contributed by atoms with van der Waals surface area (Å²) in [5.41, 5.74) is -0.669. The summed E-state index contributed by atoms with van der Waals surface area (Å²) in [6.45, 7) is -0.635. The van der Waals surface area contributed by atoms with E-state index >= 15 is 0 Å². The van der Waals surface area contributed by atoms with Gasteiger partial charge in [-0.05, 0) is 36.6 Å². The van der Waals surface area contributed by atoms with Crippen LogP contribution in [0.15, 0.2) is 30.3 Å². The normalized spacial score (nSPS) is 15.5. The van der Waals surface area contributed by atoms with Crippen LogP contribution < -0.4 is 5.32 Å². The van der Waals surface area contributed by atoms with Crippen molar-refractivity contribution in [2.75, 3.05) is 6.61 Å². The Kier molecular flexibility index (Phi) is 7.15. The van der Waals surface area contributed by atoms with Crippen molar-refractivity contribution in [2.45, 2.75) is 38.3 Å². The quantitative estimate of drug-likeness (QED) is 0.624. The number of hydrogen-bond donors (Lipinski definition) is 1. The maximum atomic E-state index is 12.6. The lowest BCUT2D eigenvalue weighted by Gasteiger charge is -2.20. The Morgan fingerprint density at radius 1 is 1.15 bits per heavy atom. The van der Waals surface area contributed by atoms with Crippen molar-refractivity contribution in [3.63, 3.8) is 0 Å². The summed E-state index contributed by atoms with van der Waals surface area (Å²) in [4.78, 5) is 35.2. The summed E-state index contributed by atoms with van der Waals surface area (Å²) in [7, 11) is 0. The van der Waals surface area contributed by atoms with Crippen LogP contribution in [0.1, 0.15) is 43.2 Å². The number of hydrogen-bond acceptors (Lipinski definition) is 4. The highest BCUT2D eigenvalue weighted by atomic mass is 19.4. The first-order chi connectivity index (χ1) is 12.8. The van der Waals surface area contributed by atoms with Crippen molar-refractivity contribution in [2.24, 2.45) is 5.92 Å². The zero-order valence-electron chi connectivity index (χ0n) is 14.6. The molecule has 0 heterocycles. The summed E-state index contributed by atoms with van der Waals surface area (Å²) in [6.07, 6.45) is 2.04. The van der Waals surface area contributed by atoms with Gasteiger partial charge in [-0.2, -0.15) is 13.2 Å². The summed E-state index contributed by atoms with van der Waals surface area (Å²) < 4.78 is 42.6. The van der Waals surface area contributed by atoms with E-state index in [9.17, 15) is 27.6 Å². The van der Waals surface area contributed by atoms with Gasteiger partial charge in [0.15, 0.2) is 6.61 Å². The Hall–Kier alpha value is -2.64. The molecule has 0 aliphatic heterocycles. The highest BCUT2D eigenvalue weighted by Crippen LogP contribution is 2.29. The fourth-order valence-electron chi connectivity index (χ4n) is 2.81. The standard InChI is InChI=1S/C19H20F3NO4/c20-19(21,22)15-8-4-5-13(11-15)9-10-17(25)27-12-16(24)23-18(26)14-6-2-1-3-7-14/h4-5,8-11,14H,1-3,6-7,12H2,(H,23,24,26)/b10-9+. The number of rotatable bonds is 5. The molecule has 146 valence electrons. The second-order valence-electron chi connectivity index (χ2n) is 6.31. The van der Waals surface area contributed by atoms with Crippen molar-refractivity contribution in [1.29, 1.82) is 0 Å². The molecule has 2 amide bonds. The third kappa shape index (κ3) is 6.88. The first-order valence-corrected chi connectivity index (χ1v) is 8.61. The van der Waals surface area contributed by atoms with Crippen LogP contribution in [0.25, 0.3) is 6.08 Å². The predicted octanol–water partition coefficient (Wildman–Crippen LogP) is 3.48. The van der Waals surface area contributed by atoms with Gasteiger partial charge in [-0.3, -0.25) is 14.9 Å². The minimum absolute atomic E-state index is 0.165. The van der Waals surface area contributed by atoms with Crippen LogP contribution in [-0.2, 0) is 25.3 Å². The van der Waals surface area contributed by atoms with Gasteiger partial charge in [0.05, 0.1) is 5.56 Å². The molecular weight excluding hydrogens is 363 g/mol. The van der Waals surface area contributed by atoms with Crippen LogP contribution in [0.3, 0.4) is 0 Å². The van der Waals surface area contributed by atoms with Gasteiger partial charge >= 0.3 is 12.1 Å². The number of halogens is 3. The highest BCUT2D eigenvalue weighted by Gasteiger charge is 2.30. The maximum Gasteiger partial charge on any atom is 0.416 e. The first-order valence-electron chi connectivity index (χ1n) is 8.61. The number of ether oxygens (including phenoxy) is 1. The number of carbonyl (C=O) groups is 3. The molecule has 1 aromatic carbocycles. The number of alkyl halides is 3. The molecule has 1 fully saturated rings. The molecule has 0 atom stereocenters. The van der Waals surface area contributed by atoms with Crippen molar-refractivity contribution in [3.8, 4) is 0 Å². The molecule has 0 spiro atoms. The van der Waals surface area contributed by atoms with Crippen LogP contribution in [0.2, 0.25) is 0 Å². The summed E-state index contributed by atoms with van der Waals surface area (Å²) >= 11 is 0. The van der Waals surface area contributed by atoms with Gasteiger partial charge < -0.3 is 4.74 Å². The third-order valence-corrected chi connectivity index (χ3v) is 4.21. The zero-order chi connectivity index (χ0) is 19.9. The third-order valence-electron chi connectivity index (χ3n) is 4.21. The lowest BCUT2D eigenvalue weighted by molar-refractivity contribution is -0.146.